The zero-order chi connectivity index (χ0) is 10.7. The Morgan fingerprint density at radius 1 is 1.06 bits per heavy atom. The molecule has 0 amide bonds. The quantitative estimate of drug-likeness (QED) is 0.815. The Bertz CT molecular complexity index is 339. The van der Waals surface area contributed by atoms with Crippen LogP contribution in [0, 0.1) is 0 Å². The maximum atomic E-state index is 4.49. The third-order valence-corrected chi connectivity index (χ3v) is 2.74. The Labute approximate surface area is 114 Å². The van der Waals surface area contributed by atoms with Crippen LogP contribution in [0.15, 0.2) is 35.3 Å². The van der Waals surface area contributed by atoms with E-state index < -0.39 is 0 Å². The highest BCUT2D eigenvalue weighted by Crippen LogP contribution is 2.03. The van der Waals surface area contributed by atoms with Gasteiger partial charge in [0.2, 0.25) is 0 Å². The van der Waals surface area contributed by atoms with Gasteiger partial charge in [0, 0.05) is 12.1 Å². The SMILES string of the molecule is CC1NC(=NCc2ccccc2)NC1C.I. The van der Waals surface area contributed by atoms with Gasteiger partial charge in [-0.3, -0.25) is 0 Å². The van der Waals surface area contributed by atoms with Gasteiger partial charge in [-0.05, 0) is 19.4 Å². The highest BCUT2D eigenvalue weighted by molar-refractivity contribution is 14.0. The fourth-order valence-electron chi connectivity index (χ4n) is 1.57. The van der Waals surface area contributed by atoms with Crippen molar-refractivity contribution in [3.05, 3.63) is 35.9 Å². The van der Waals surface area contributed by atoms with Crippen LogP contribution in [0.4, 0.5) is 0 Å². The first-order valence-electron chi connectivity index (χ1n) is 5.37. The molecule has 1 heterocycles. The minimum absolute atomic E-state index is 0. The Kier molecular flexibility index (Phi) is 5.05. The summed E-state index contributed by atoms with van der Waals surface area (Å²) in [5.41, 5.74) is 1.24. The van der Waals surface area contributed by atoms with Crippen molar-refractivity contribution in [2.24, 2.45) is 4.99 Å². The van der Waals surface area contributed by atoms with E-state index in [9.17, 15) is 0 Å². The van der Waals surface area contributed by atoms with Crippen LogP contribution < -0.4 is 10.6 Å². The number of aliphatic imine (C=N–C) groups is 1. The van der Waals surface area contributed by atoms with E-state index in [1.54, 1.807) is 0 Å². The van der Waals surface area contributed by atoms with Gasteiger partial charge in [0.1, 0.15) is 0 Å². The van der Waals surface area contributed by atoms with E-state index in [1.807, 2.05) is 18.2 Å². The van der Waals surface area contributed by atoms with Crippen LogP contribution in [0.2, 0.25) is 0 Å². The van der Waals surface area contributed by atoms with Crippen molar-refractivity contribution in [1.82, 2.24) is 10.6 Å². The summed E-state index contributed by atoms with van der Waals surface area (Å²) in [5, 5.41) is 6.63. The lowest BCUT2D eigenvalue weighted by Crippen LogP contribution is -2.26. The molecule has 88 valence electrons. The third kappa shape index (κ3) is 3.37. The van der Waals surface area contributed by atoms with Gasteiger partial charge in [0.25, 0.3) is 0 Å². The molecular weight excluding hydrogens is 313 g/mol. The molecule has 2 N–H and O–H groups in total. The molecule has 1 fully saturated rings. The van der Waals surface area contributed by atoms with Crippen LogP contribution in [-0.2, 0) is 6.54 Å². The number of guanidine groups is 1. The number of benzene rings is 1. The average molecular weight is 331 g/mol. The number of rotatable bonds is 2. The number of halogens is 1. The molecule has 0 aliphatic carbocycles. The standard InChI is InChI=1S/C12H17N3.HI/c1-9-10(2)15-12(14-9)13-8-11-6-4-3-5-7-11;/h3-7,9-10H,8H2,1-2H3,(H2,13,14,15);1H. The van der Waals surface area contributed by atoms with Gasteiger partial charge in [-0.15, -0.1) is 24.0 Å². The van der Waals surface area contributed by atoms with Crippen molar-refractivity contribution in [2.45, 2.75) is 32.5 Å². The van der Waals surface area contributed by atoms with Crippen LogP contribution in [-0.4, -0.2) is 18.0 Å². The van der Waals surface area contributed by atoms with Crippen LogP contribution in [0.5, 0.6) is 0 Å². The molecule has 0 aromatic heterocycles. The Hall–Kier alpha value is -0.780. The van der Waals surface area contributed by atoms with E-state index in [2.05, 4.69) is 41.6 Å². The summed E-state index contributed by atoms with van der Waals surface area (Å²) < 4.78 is 0. The first-order chi connectivity index (χ1) is 7.25. The summed E-state index contributed by atoms with van der Waals surface area (Å²) in [6.07, 6.45) is 0. The smallest absolute Gasteiger partial charge is 0.192 e. The topological polar surface area (TPSA) is 36.4 Å². The summed E-state index contributed by atoms with van der Waals surface area (Å²) in [6, 6.07) is 11.2. The molecule has 4 heteroatoms. The van der Waals surface area contributed by atoms with Gasteiger partial charge in [-0.25, -0.2) is 4.99 Å². The van der Waals surface area contributed by atoms with E-state index in [0.717, 1.165) is 12.5 Å². The number of hydrogen-bond donors (Lipinski definition) is 2. The van der Waals surface area contributed by atoms with Gasteiger partial charge < -0.3 is 10.6 Å². The fraction of sp³-hybridized carbons (Fsp3) is 0.417. The van der Waals surface area contributed by atoms with Gasteiger partial charge >= 0.3 is 0 Å². The monoisotopic (exact) mass is 331 g/mol. The molecule has 1 saturated heterocycles. The second kappa shape index (κ2) is 6.08. The molecule has 0 bridgehead atoms. The summed E-state index contributed by atoms with van der Waals surface area (Å²) in [6.45, 7) is 5.04. The lowest BCUT2D eigenvalue weighted by molar-refractivity contribution is 0.583. The molecular formula is C12H18IN3. The highest BCUT2D eigenvalue weighted by Gasteiger charge is 2.21. The highest BCUT2D eigenvalue weighted by atomic mass is 127. The minimum atomic E-state index is 0. The molecule has 1 aromatic carbocycles. The van der Waals surface area contributed by atoms with E-state index in [0.29, 0.717) is 12.1 Å². The van der Waals surface area contributed by atoms with Gasteiger partial charge in [-0.1, -0.05) is 30.3 Å². The lowest BCUT2D eigenvalue weighted by Gasteiger charge is -2.04. The van der Waals surface area contributed by atoms with E-state index in [-0.39, 0.29) is 24.0 Å². The minimum Gasteiger partial charge on any atom is -0.352 e. The molecule has 1 aromatic rings. The zero-order valence-corrected chi connectivity index (χ0v) is 11.9. The number of nitrogens with zero attached hydrogens (tertiary/aromatic N) is 1. The van der Waals surface area contributed by atoms with Gasteiger partial charge in [-0.2, -0.15) is 0 Å². The van der Waals surface area contributed by atoms with Crippen LogP contribution in [0.3, 0.4) is 0 Å². The van der Waals surface area contributed by atoms with Crippen LogP contribution in [0.25, 0.3) is 0 Å². The molecule has 1 aliphatic heterocycles. The maximum Gasteiger partial charge on any atom is 0.192 e. The lowest BCUT2D eigenvalue weighted by atomic mass is 10.2. The molecule has 2 atom stereocenters. The predicted octanol–water partition coefficient (Wildman–Crippen LogP) is 2.13. The molecule has 0 saturated carbocycles. The van der Waals surface area contributed by atoms with E-state index >= 15 is 0 Å². The first-order valence-corrected chi connectivity index (χ1v) is 5.37. The first kappa shape index (κ1) is 13.3. The number of hydrogen-bond acceptors (Lipinski definition) is 1. The molecule has 2 rings (SSSR count). The largest absolute Gasteiger partial charge is 0.352 e. The third-order valence-electron chi connectivity index (χ3n) is 2.74. The summed E-state index contributed by atoms with van der Waals surface area (Å²) in [4.78, 5) is 4.49. The van der Waals surface area contributed by atoms with Crippen molar-refractivity contribution in [3.63, 3.8) is 0 Å². The van der Waals surface area contributed by atoms with Gasteiger partial charge in [0.15, 0.2) is 5.96 Å². The predicted molar refractivity (Wildman–Crippen MR) is 78.2 cm³/mol. The van der Waals surface area contributed by atoms with Crippen molar-refractivity contribution < 1.29 is 0 Å². The van der Waals surface area contributed by atoms with Gasteiger partial charge in [0.05, 0.1) is 6.54 Å². The van der Waals surface area contributed by atoms with E-state index in [1.165, 1.54) is 5.56 Å². The summed E-state index contributed by atoms with van der Waals surface area (Å²) >= 11 is 0. The number of nitrogens with one attached hydrogen (secondary N) is 2. The summed E-state index contributed by atoms with van der Waals surface area (Å²) in [7, 11) is 0. The molecule has 16 heavy (non-hydrogen) atoms. The van der Waals surface area contributed by atoms with Crippen LogP contribution >= 0.6 is 24.0 Å². The van der Waals surface area contributed by atoms with Crippen molar-refractivity contribution in [1.29, 1.82) is 0 Å². The average Bonchev–Trinajstić information content (AvgIpc) is 2.57. The normalized spacial score (nSPS) is 23.0. The Morgan fingerprint density at radius 2 is 1.62 bits per heavy atom. The second-order valence-corrected chi connectivity index (χ2v) is 4.02. The maximum absolute atomic E-state index is 4.49. The molecule has 3 nitrogen and oxygen atoms in total. The van der Waals surface area contributed by atoms with Crippen molar-refractivity contribution >= 4 is 29.9 Å². The van der Waals surface area contributed by atoms with Crippen molar-refractivity contribution in [3.8, 4) is 0 Å². The molecule has 2 unspecified atom stereocenters. The van der Waals surface area contributed by atoms with Crippen LogP contribution in [0.1, 0.15) is 19.4 Å². The molecule has 0 spiro atoms. The second-order valence-electron chi connectivity index (χ2n) is 4.02. The molecule has 1 aliphatic rings. The summed E-state index contributed by atoms with van der Waals surface area (Å²) in [5.74, 6) is 0.916. The fourth-order valence-corrected chi connectivity index (χ4v) is 1.57. The van der Waals surface area contributed by atoms with Crippen molar-refractivity contribution in [2.75, 3.05) is 0 Å². The molecule has 0 radical (unpaired) electrons. The Morgan fingerprint density at radius 3 is 2.19 bits per heavy atom. The van der Waals surface area contributed by atoms with E-state index in [4.69, 9.17) is 0 Å². The Balaban J connectivity index is 0.00000128. The zero-order valence-electron chi connectivity index (χ0n) is 9.60.